The normalized spacial score (nSPS) is 15.4. The molecule has 0 saturated carbocycles. The van der Waals surface area contributed by atoms with Crippen LogP contribution in [-0.2, 0) is 17.7 Å². The first kappa shape index (κ1) is 16.3. The number of hydrogen-bond acceptors (Lipinski definition) is 3. The lowest BCUT2D eigenvalue weighted by Crippen LogP contribution is -2.39. The minimum Gasteiger partial charge on any atom is -0.444 e. The fraction of sp³-hybridized carbons (Fsp3) is 0.562. The molecule has 4 nitrogen and oxygen atoms in total. The molecule has 1 N–H and O–H groups in total. The molecule has 116 valence electrons. The van der Waals surface area contributed by atoms with Gasteiger partial charge in [-0.15, -0.1) is 0 Å². The lowest BCUT2D eigenvalue weighted by atomic mass is 10.00. The van der Waals surface area contributed by atoms with Gasteiger partial charge in [0.15, 0.2) is 0 Å². The third kappa shape index (κ3) is 5.00. The van der Waals surface area contributed by atoms with Crippen molar-refractivity contribution in [2.75, 3.05) is 19.6 Å². The van der Waals surface area contributed by atoms with E-state index in [1.165, 1.54) is 15.6 Å². The molecule has 0 bridgehead atoms. The summed E-state index contributed by atoms with van der Waals surface area (Å²) in [6.45, 7) is 9.00. The average molecular weight is 355 g/mol. The molecule has 0 radical (unpaired) electrons. The van der Waals surface area contributed by atoms with Gasteiger partial charge >= 0.3 is 6.09 Å². The van der Waals surface area contributed by atoms with Crippen molar-refractivity contribution in [3.05, 3.63) is 33.8 Å². The Hall–Kier alpha value is -1.07. The van der Waals surface area contributed by atoms with E-state index in [4.69, 9.17) is 4.74 Å². The lowest BCUT2D eigenvalue weighted by Gasteiger charge is -2.29. The van der Waals surface area contributed by atoms with E-state index in [1.807, 2.05) is 20.8 Å². The molecule has 1 amide bonds. The van der Waals surface area contributed by atoms with Gasteiger partial charge in [0, 0.05) is 30.7 Å². The van der Waals surface area contributed by atoms with Crippen LogP contribution < -0.4 is 5.32 Å². The summed E-state index contributed by atoms with van der Waals surface area (Å²) in [5.74, 6) is 0. The largest absolute Gasteiger partial charge is 0.444 e. The molecule has 0 aromatic heterocycles. The Balaban J connectivity index is 1.77. The van der Waals surface area contributed by atoms with E-state index < -0.39 is 5.60 Å². The number of carbonyl (C=O) groups excluding carboxylic acids is 1. The first-order valence-electron chi connectivity index (χ1n) is 7.30. The number of nitrogens with one attached hydrogen (secondary N) is 1. The van der Waals surface area contributed by atoms with Crippen molar-refractivity contribution in [2.24, 2.45) is 0 Å². The fourth-order valence-electron chi connectivity index (χ4n) is 2.44. The predicted molar refractivity (Wildman–Crippen MR) is 87.4 cm³/mol. The molecule has 1 aliphatic rings. The maximum Gasteiger partial charge on any atom is 0.407 e. The maximum absolute atomic E-state index is 11.6. The van der Waals surface area contributed by atoms with E-state index in [0.29, 0.717) is 6.54 Å². The van der Waals surface area contributed by atoms with Gasteiger partial charge in [0.1, 0.15) is 5.60 Å². The molecule has 1 aliphatic heterocycles. The highest BCUT2D eigenvalue weighted by molar-refractivity contribution is 9.10. The van der Waals surface area contributed by atoms with Crippen LogP contribution in [0.25, 0.3) is 0 Å². The number of halogens is 1. The Morgan fingerprint density at radius 1 is 1.43 bits per heavy atom. The third-order valence-corrected chi connectivity index (χ3v) is 4.13. The molecule has 1 aromatic rings. The van der Waals surface area contributed by atoms with Crippen molar-refractivity contribution in [1.29, 1.82) is 0 Å². The van der Waals surface area contributed by atoms with Gasteiger partial charge in [-0.2, -0.15) is 0 Å². The number of alkyl carbamates (subject to hydrolysis) is 1. The number of amides is 1. The van der Waals surface area contributed by atoms with Crippen molar-refractivity contribution in [3.63, 3.8) is 0 Å². The number of hydrogen-bond donors (Lipinski definition) is 1. The second-order valence-corrected chi connectivity index (χ2v) is 7.19. The lowest BCUT2D eigenvalue weighted by molar-refractivity contribution is 0.0521. The minimum atomic E-state index is -0.444. The molecule has 0 fully saturated rings. The summed E-state index contributed by atoms with van der Waals surface area (Å²) < 4.78 is 6.42. The van der Waals surface area contributed by atoms with Crippen LogP contribution in [0.5, 0.6) is 0 Å². The Morgan fingerprint density at radius 3 is 2.90 bits per heavy atom. The molecule has 0 aliphatic carbocycles. The molecule has 1 aromatic carbocycles. The number of carbonyl (C=O) groups is 1. The van der Waals surface area contributed by atoms with Crippen molar-refractivity contribution < 1.29 is 9.53 Å². The van der Waals surface area contributed by atoms with Gasteiger partial charge in [-0.1, -0.05) is 28.1 Å². The predicted octanol–water partition coefficient (Wildman–Crippen LogP) is 3.33. The van der Waals surface area contributed by atoms with Crippen LogP contribution in [0, 0.1) is 0 Å². The second-order valence-electron chi connectivity index (χ2n) is 6.33. The number of benzene rings is 1. The summed E-state index contributed by atoms with van der Waals surface area (Å²) in [7, 11) is 0. The standard InChI is InChI=1S/C16H23BrN2O2/c1-16(2,3)21-15(20)18-8-10-19-9-7-13-12(11-19)5-4-6-14(13)17/h4-6H,7-11H2,1-3H3,(H,18,20). The van der Waals surface area contributed by atoms with Gasteiger partial charge in [0.25, 0.3) is 0 Å². The van der Waals surface area contributed by atoms with Crippen molar-refractivity contribution in [3.8, 4) is 0 Å². The maximum atomic E-state index is 11.6. The number of fused-ring (bicyclic) bond motifs is 1. The minimum absolute atomic E-state index is 0.345. The molecule has 21 heavy (non-hydrogen) atoms. The molecular formula is C16H23BrN2O2. The van der Waals surface area contributed by atoms with Gasteiger partial charge in [-0.05, 0) is 44.4 Å². The molecule has 0 unspecified atom stereocenters. The van der Waals surface area contributed by atoms with Crippen LogP contribution >= 0.6 is 15.9 Å². The molecule has 2 rings (SSSR count). The Bertz CT molecular complexity index is 511. The van der Waals surface area contributed by atoms with Gasteiger partial charge < -0.3 is 10.1 Å². The van der Waals surface area contributed by atoms with E-state index in [-0.39, 0.29) is 6.09 Å². The Labute approximate surface area is 135 Å². The average Bonchev–Trinajstić information content (AvgIpc) is 2.36. The van der Waals surface area contributed by atoms with E-state index in [2.05, 4.69) is 44.3 Å². The van der Waals surface area contributed by atoms with Crippen molar-refractivity contribution in [2.45, 2.75) is 39.3 Å². The van der Waals surface area contributed by atoms with Gasteiger partial charge in [-0.25, -0.2) is 4.79 Å². The Kier molecular flexibility index (Phi) is 5.27. The van der Waals surface area contributed by atoms with Crippen LogP contribution in [0.1, 0.15) is 31.9 Å². The SMILES string of the molecule is CC(C)(C)OC(=O)NCCN1CCc2c(Br)cccc2C1. The zero-order valence-corrected chi connectivity index (χ0v) is 14.5. The first-order valence-corrected chi connectivity index (χ1v) is 8.10. The van der Waals surface area contributed by atoms with E-state index in [0.717, 1.165) is 26.1 Å². The van der Waals surface area contributed by atoms with Gasteiger partial charge in [0.2, 0.25) is 0 Å². The summed E-state index contributed by atoms with van der Waals surface area (Å²) in [4.78, 5) is 13.9. The second kappa shape index (κ2) is 6.79. The highest BCUT2D eigenvalue weighted by Crippen LogP contribution is 2.25. The zero-order chi connectivity index (χ0) is 15.5. The van der Waals surface area contributed by atoms with Crippen LogP contribution in [0.4, 0.5) is 4.79 Å². The summed E-state index contributed by atoms with van der Waals surface area (Å²) in [5, 5.41) is 2.81. The third-order valence-electron chi connectivity index (χ3n) is 3.38. The monoisotopic (exact) mass is 354 g/mol. The number of ether oxygens (including phenoxy) is 1. The molecule has 0 atom stereocenters. The van der Waals surface area contributed by atoms with Crippen molar-refractivity contribution in [1.82, 2.24) is 10.2 Å². The molecule has 5 heteroatoms. The fourth-order valence-corrected chi connectivity index (χ4v) is 3.05. The Morgan fingerprint density at radius 2 is 2.19 bits per heavy atom. The van der Waals surface area contributed by atoms with Crippen LogP contribution in [-0.4, -0.2) is 36.2 Å². The summed E-state index contributed by atoms with van der Waals surface area (Å²) in [6.07, 6.45) is 0.700. The smallest absolute Gasteiger partial charge is 0.407 e. The summed E-state index contributed by atoms with van der Waals surface area (Å²) in [6, 6.07) is 6.34. The summed E-state index contributed by atoms with van der Waals surface area (Å²) >= 11 is 3.61. The van der Waals surface area contributed by atoms with E-state index in [9.17, 15) is 4.79 Å². The van der Waals surface area contributed by atoms with Gasteiger partial charge in [-0.3, -0.25) is 4.90 Å². The van der Waals surface area contributed by atoms with Crippen LogP contribution in [0.2, 0.25) is 0 Å². The molecule has 0 spiro atoms. The molecule has 1 heterocycles. The molecular weight excluding hydrogens is 332 g/mol. The quantitative estimate of drug-likeness (QED) is 0.904. The first-order chi connectivity index (χ1) is 9.85. The van der Waals surface area contributed by atoms with Crippen LogP contribution in [0.15, 0.2) is 22.7 Å². The van der Waals surface area contributed by atoms with E-state index in [1.54, 1.807) is 0 Å². The topological polar surface area (TPSA) is 41.6 Å². The summed E-state index contributed by atoms with van der Waals surface area (Å²) in [5.41, 5.74) is 2.34. The zero-order valence-electron chi connectivity index (χ0n) is 12.9. The highest BCUT2D eigenvalue weighted by Gasteiger charge is 2.19. The van der Waals surface area contributed by atoms with Gasteiger partial charge in [0.05, 0.1) is 0 Å². The van der Waals surface area contributed by atoms with Crippen molar-refractivity contribution >= 4 is 22.0 Å². The number of nitrogens with zero attached hydrogens (tertiary/aromatic N) is 1. The molecule has 0 saturated heterocycles. The number of rotatable bonds is 3. The van der Waals surface area contributed by atoms with Crippen LogP contribution in [0.3, 0.4) is 0 Å². The highest BCUT2D eigenvalue weighted by atomic mass is 79.9. The van der Waals surface area contributed by atoms with E-state index >= 15 is 0 Å².